The molecular formula is C12H18F2N2O3S. The van der Waals surface area contributed by atoms with E-state index >= 15 is 0 Å². The summed E-state index contributed by atoms with van der Waals surface area (Å²) in [5, 5.41) is 2.84. The van der Waals surface area contributed by atoms with Crippen LogP contribution in [0.5, 0.6) is 5.75 Å². The molecule has 1 aromatic rings. The number of nitrogen functional groups attached to an aromatic ring is 1. The predicted molar refractivity (Wildman–Crippen MR) is 74.9 cm³/mol. The monoisotopic (exact) mass is 308 g/mol. The summed E-state index contributed by atoms with van der Waals surface area (Å²) in [7, 11) is 0. The van der Waals surface area contributed by atoms with Gasteiger partial charge in [-0.05, 0) is 20.8 Å². The van der Waals surface area contributed by atoms with E-state index in [1.165, 1.54) is 0 Å². The first kappa shape index (κ1) is 16.5. The summed E-state index contributed by atoms with van der Waals surface area (Å²) in [5.41, 5.74) is 5.96. The van der Waals surface area contributed by atoms with E-state index in [1.54, 1.807) is 20.8 Å². The van der Waals surface area contributed by atoms with Gasteiger partial charge in [0.2, 0.25) is 0 Å². The van der Waals surface area contributed by atoms with Crippen molar-refractivity contribution >= 4 is 28.0 Å². The molecule has 0 fully saturated rings. The van der Waals surface area contributed by atoms with Crippen LogP contribution in [0.3, 0.4) is 0 Å². The van der Waals surface area contributed by atoms with Crippen molar-refractivity contribution in [2.24, 2.45) is 0 Å². The second kappa shape index (κ2) is 7.28. The van der Waals surface area contributed by atoms with E-state index in [9.17, 15) is 13.6 Å². The highest BCUT2D eigenvalue weighted by Crippen LogP contribution is 2.43. The lowest BCUT2D eigenvalue weighted by molar-refractivity contribution is 0.0533. The fraction of sp³-hybridized carbons (Fsp3) is 0.583. The first-order valence-electron chi connectivity index (χ1n) is 6.14. The minimum Gasteiger partial charge on any atom is -0.486 e. The van der Waals surface area contributed by atoms with Crippen molar-refractivity contribution in [3.05, 3.63) is 4.88 Å². The Morgan fingerprint density at radius 1 is 1.45 bits per heavy atom. The van der Waals surface area contributed by atoms with Gasteiger partial charge in [-0.2, -0.15) is 0 Å². The van der Waals surface area contributed by atoms with Crippen LogP contribution in [0.25, 0.3) is 0 Å². The first-order valence-corrected chi connectivity index (χ1v) is 6.96. The number of halogens is 2. The Bertz CT molecular complexity index is 464. The summed E-state index contributed by atoms with van der Waals surface area (Å²) in [4.78, 5) is 11.9. The van der Waals surface area contributed by atoms with Crippen molar-refractivity contribution in [2.45, 2.75) is 33.3 Å². The molecule has 0 aliphatic carbocycles. The molecule has 1 aromatic heterocycles. The number of thiophene rings is 1. The molecule has 5 nitrogen and oxygen atoms in total. The zero-order valence-electron chi connectivity index (χ0n) is 11.5. The van der Waals surface area contributed by atoms with Gasteiger partial charge in [-0.3, -0.25) is 0 Å². The largest absolute Gasteiger partial charge is 0.486 e. The Morgan fingerprint density at radius 2 is 2.10 bits per heavy atom. The molecule has 0 saturated heterocycles. The van der Waals surface area contributed by atoms with Crippen LogP contribution < -0.4 is 15.8 Å². The number of nitrogens with one attached hydrogen (secondary N) is 1. The van der Waals surface area contributed by atoms with Gasteiger partial charge in [0.05, 0.1) is 19.3 Å². The number of carbonyl (C=O) groups excluding carboxylic acids is 1. The zero-order valence-corrected chi connectivity index (χ0v) is 12.4. The van der Waals surface area contributed by atoms with Crippen LogP contribution in [-0.2, 0) is 4.74 Å². The summed E-state index contributed by atoms with van der Waals surface area (Å²) in [6, 6.07) is 0. The number of anilines is 2. The van der Waals surface area contributed by atoms with Gasteiger partial charge in [0, 0.05) is 0 Å². The molecular weight excluding hydrogens is 290 g/mol. The van der Waals surface area contributed by atoms with Gasteiger partial charge in [-0.25, -0.2) is 13.6 Å². The van der Waals surface area contributed by atoms with E-state index in [0.717, 1.165) is 11.3 Å². The third kappa shape index (κ3) is 4.22. The van der Waals surface area contributed by atoms with Gasteiger partial charge in [0.1, 0.15) is 15.6 Å². The fourth-order valence-corrected chi connectivity index (χ4v) is 2.37. The van der Waals surface area contributed by atoms with Crippen molar-refractivity contribution < 1.29 is 23.0 Å². The molecule has 0 aliphatic rings. The second-order valence-corrected chi connectivity index (χ2v) is 5.18. The van der Waals surface area contributed by atoms with Gasteiger partial charge in [-0.1, -0.05) is 0 Å². The highest BCUT2D eigenvalue weighted by Gasteiger charge is 2.24. The molecule has 0 atom stereocenters. The quantitative estimate of drug-likeness (QED) is 0.758. The topological polar surface area (TPSA) is 73.6 Å². The van der Waals surface area contributed by atoms with Crippen molar-refractivity contribution in [1.29, 1.82) is 0 Å². The molecule has 8 heteroatoms. The molecule has 0 saturated carbocycles. The molecule has 1 heterocycles. The average Bonchev–Trinajstić information content (AvgIpc) is 2.64. The minimum absolute atomic E-state index is 0.110. The van der Waals surface area contributed by atoms with Crippen molar-refractivity contribution in [1.82, 2.24) is 0 Å². The molecule has 0 unspecified atom stereocenters. The Balaban J connectivity index is 3.06. The third-order valence-electron chi connectivity index (χ3n) is 2.13. The lowest BCUT2D eigenvalue weighted by atomic mass is 10.3. The van der Waals surface area contributed by atoms with E-state index in [0.29, 0.717) is 5.00 Å². The number of carbonyl (C=O) groups is 1. The van der Waals surface area contributed by atoms with Crippen LogP contribution in [0.4, 0.5) is 19.5 Å². The van der Waals surface area contributed by atoms with Crippen LogP contribution in [0.1, 0.15) is 30.4 Å². The van der Waals surface area contributed by atoms with E-state index in [2.05, 4.69) is 5.32 Å². The number of alkyl halides is 2. The summed E-state index contributed by atoms with van der Waals surface area (Å²) in [5.74, 6) is -0.373. The van der Waals surface area contributed by atoms with Crippen molar-refractivity contribution in [2.75, 3.05) is 24.2 Å². The molecule has 0 aromatic carbocycles. The summed E-state index contributed by atoms with van der Waals surface area (Å²) >= 11 is 0.949. The summed E-state index contributed by atoms with van der Waals surface area (Å²) in [6.45, 7) is 4.88. The van der Waals surface area contributed by atoms with Crippen LogP contribution in [-0.4, -0.2) is 31.7 Å². The van der Waals surface area contributed by atoms with Gasteiger partial charge < -0.3 is 20.5 Å². The van der Waals surface area contributed by atoms with E-state index < -0.39 is 18.9 Å². The van der Waals surface area contributed by atoms with Crippen LogP contribution >= 0.6 is 11.3 Å². The molecule has 3 N–H and O–H groups in total. The number of hydrogen-bond acceptors (Lipinski definition) is 6. The Hall–Kier alpha value is -1.57. The molecule has 0 bridgehead atoms. The van der Waals surface area contributed by atoms with Gasteiger partial charge in [-0.15, -0.1) is 11.3 Å². The van der Waals surface area contributed by atoms with E-state index in [-0.39, 0.29) is 29.0 Å². The normalized spacial score (nSPS) is 10.9. The smallest absolute Gasteiger partial charge is 0.350 e. The molecule has 114 valence electrons. The SMILES string of the molecule is CCOC(=O)c1sc(NCC(F)F)c(OC(C)C)c1N. The molecule has 0 spiro atoms. The number of esters is 1. The number of hydrogen-bond donors (Lipinski definition) is 2. The highest BCUT2D eigenvalue weighted by molar-refractivity contribution is 7.19. The molecule has 0 amide bonds. The Labute approximate surface area is 120 Å². The Kier molecular flexibility index (Phi) is 6.00. The number of nitrogens with two attached hydrogens (primary N) is 1. The standard InChI is InChI=1S/C12H18F2N2O3S/c1-4-18-12(17)10-8(15)9(19-6(2)3)11(20-10)16-5-7(13)14/h6-7,16H,4-5,15H2,1-3H3. The zero-order chi connectivity index (χ0) is 15.3. The van der Waals surface area contributed by atoms with E-state index in [1.807, 2.05) is 0 Å². The van der Waals surface area contributed by atoms with Gasteiger partial charge in [0.15, 0.2) is 5.75 Å². The van der Waals surface area contributed by atoms with Crippen LogP contribution in [0.2, 0.25) is 0 Å². The number of rotatable bonds is 7. The summed E-state index contributed by atoms with van der Waals surface area (Å²) < 4.78 is 34.9. The third-order valence-corrected chi connectivity index (χ3v) is 3.26. The second-order valence-electron chi connectivity index (χ2n) is 4.16. The van der Waals surface area contributed by atoms with Crippen molar-refractivity contribution in [3.8, 4) is 5.75 Å². The lowest BCUT2D eigenvalue weighted by Gasteiger charge is -2.12. The van der Waals surface area contributed by atoms with Crippen LogP contribution in [0.15, 0.2) is 0 Å². The minimum atomic E-state index is -2.52. The summed E-state index contributed by atoms with van der Waals surface area (Å²) in [6.07, 6.45) is -2.72. The maximum atomic E-state index is 12.3. The lowest BCUT2D eigenvalue weighted by Crippen LogP contribution is -2.12. The maximum Gasteiger partial charge on any atom is 0.350 e. The predicted octanol–water partition coefficient (Wildman–Crippen LogP) is 2.97. The molecule has 20 heavy (non-hydrogen) atoms. The van der Waals surface area contributed by atoms with Gasteiger partial charge >= 0.3 is 5.97 Å². The average molecular weight is 308 g/mol. The Morgan fingerprint density at radius 3 is 2.60 bits per heavy atom. The fourth-order valence-electron chi connectivity index (χ4n) is 1.42. The highest BCUT2D eigenvalue weighted by atomic mass is 32.1. The molecule has 0 radical (unpaired) electrons. The van der Waals surface area contributed by atoms with Gasteiger partial charge in [0.25, 0.3) is 6.43 Å². The maximum absolute atomic E-state index is 12.3. The van der Waals surface area contributed by atoms with Crippen molar-refractivity contribution in [3.63, 3.8) is 0 Å². The molecule has 0 aliphatic heterocycles. The van der Waals surface area contributed by atoms with Crippen LogP contribution in [0, 0.1) is 0 Å². The molecule has 1 rings (SSSR count). The first-order chi connectivity index (χ1) is 9.36. The van der Waals surface area contributed by atoms with E-state index in [4.69, 9.17) is 15.2 Å². The number of ether oxygens (including phenoxy) is 2.